The van der Waals surface area contributed by atoms with Crippen LogP contribution in [0.1, 0.15) is 25.7 Å². The molecule has 2 aromatic carbocycles. The largest absolute Gasteiger partial charge is 0.396 e. The fourth-order valence-corrected chi connectivity index (χ4v) is 4.19. The molecule has 0 heterocycles. The second-order valence-corrected chi connectivity index (χ2v) is 7.24. The highest BCUT2D eigenvalue weighted by Crippen LogP contribution is 2.30. The first kappa shape index (κ1) is 17.2. The van der Waals surface area contributed by atoms with Crippen molar-refractivity contribution in [3.05, 3.63) is 41.4 Å². The van der Waals surface area contributed by atoms with Gasteiger partial charge >= 0.3 is 0 Å². The van der Waals surface area contributed by atoms with Gasteiger partial charge in [0.1, 0.15) is 4.90 Å². The Bertz CT molecular complexity index is 731. The van der Waals surface area contributed by atoms with E-state index in [2.05, 4.69) is 4.72 Å². The molecule has 0 amide bonds. The molecule has 6 heteroatoms. The van der Waals surface area contributed by atoms with Crippen LogP contribution in [0.5, 0.6) is 0 Å². The van der Waals surface area contributed by atoms with Gasteiger partial charge in [0.05, 0.1) is 5.02 Å². The second kappa shape index (κ2) is 7.92. The average molecular weight is 342 g/mol. The van der Waals surface area contributed by atoms with E-state index in [1.54, 1.807) is 18.2 Å². The van der Waals surface area contributed by atoms with E-state index in [0.717, 1.165) is 31.1 Å². The number of hydrogen-bond donors (Lipinski definition) is 2. The van der Waals surface area contributed by atoms with Crippen LogP contribution >= 0.6 is 11.6 Å². The van der Waals surface area contributed by atoms with E-state index in [-0.39, 0.29) is 16.5 Å². The molecule has 120 valence electrons. The Morgan fingerprint density at radius 2 is 1.73 bits per heavy atom. The maximum absolute atomic E-state index is 12.5. The molecule has 0 fully saturated rings. The maximum atomic E-state index is 12.5. The third-order valence-electron chi connectivity index (χ3n) is 3.48. The zero-order valence-electron chi connectivity index (χ0n) is 12.3. The van der Waals surface area contributed by atoms with Gasteiger partial charge in [-0.1, -0.05) is 54.8 Å². The van der Waals surface area contributed by atoms with E-state index < -0.39 is 10.0 Å². The highest BCUT2D eigenvalue weighted by Gasteiger charge is 2.20. The smallest absolute Gasteiger partial charge is 0.242 e. The van der Waals surface area contributed by atoms with Crippen molar-refractivity contribution in [2.45, 2.75) is 30.6 Å². The summed E-state index contributed by atoms with van der Waals surface area (Å²) in [6.07, 6.45) is 3.27. The number of fused-ring (bicyclic) bond motifs is 1. The third kappa shape index (κ3) is 4.20. The minimum atomic E-state index is -3.64. The van der Waals surface area contributed by atoms with Crippen molar-refractivity contribution >= 4 is 32.4 Å². The normalized spacial score (nSPS) is 11.9. The maximum Gasteiger partial charge on any atom is 0.242 e. The summed E-state index contributed by atoms with van der Waals surface area (Å²) in [5, 5.41) is 10.4. The molecule has 0 aliphatic carbocycles. The summed E-state index contributed by atoms with van der Waals surface area (Å²) in [5.74, 6) is 0. The fraction of sp³-hybridized carbons (Fsp3) is 0.375. The summed E-state index contributed by atoms with van der Waals surface area (Å²) in [5.41, 5.74) is 0. The summed E-state index contributed by atoms with van der Waals surface area (Å²) in [6.45, 7) is 0.546. The molecule has 0 atom stereocenters. The van der Waals surface area contributed by atoms with Gasteiger partial charge in [-0.2, -0.15) is 0 Å². The highest BCUT2D eigenvalue weighted by atomic mass is 35.5. The molecule has 0 spiro atoms. The van der Waals surface area contributed by atoms with Crippen molar-refractivity contribution in [1.82, 2.24) is 4.72 Å². The van der Waals surface area contributed by atoms with Crippen molar-refractivity contribution in [3.63, 3.8) is 0 Å². The quantitative estimate of drug-likeness (QED) is 0.724. The zero-order valence-corrected chi connectivity index (χ0v) is 13.8. The first-order chi connectivity index (χ1) is 10.6. The molecule has 22 heavy (non-hydrogen) atoms. The van der Waals surface area contributed by atoms with Crippen LogP contribution in [0, 0.1) is 0 Å². The van der Waals surface area contributed by atoms with E-state index in [0.29, 0.717) is 11.9 Å². The Balaban J connectivity index is 2.14. The van der Waals surface area contributed by atoms with Gasteiger partial charge in [-0.25, -0.2) is 13.1 Å². The Morgan fingerprint density at radius 1 is 1.00 bits per heavy atom. The molecule has 2 rings (SSSR count). The van der Waals surface area contributed by atoms with Crippen LogP contribution in [-0.4, -0.2) is 26.7 Å². The van der Waals surface area contributed by atoms with Gasteiger partial charge in [-0.15, -0.1) is 0 Å². The Hall–Kier alpha value is -1.14. The molecule has 4 nitrogen and oxygen atoms in total. The van der Waals surface area contributed by atoms with Gasteiger partial charge in [0, 0.05) is 18.5 Å². The number of halogens is 1. The van der Waals surface area contributed by atoms with E-state index in [1.165, 1.54) is 0 Å². The lowest BCUT2D eigenvalue weighted by Gasteiger charge is -2.11. The molecule has 0 radical (unpaired) electrons. The molecular formula is C16H20ClNO3S. The second-order valence-electron chi connectivity index (χ2n) is 5.13. The Labute approximate surface area is 136 Å². The first-order valence-electron chi connectivity index (χ1n) is 7.34. The summed E-state index contributed by atoms with van der Waals surface area (Å²) in [6, 6.07) is 10.7. The SMILES string of the molecule is O=S(=O)(NCCCCCCO)c1c(Cl)ccc2ccccc12. The first-order valence-corrected chi connectivity index (χ1v) is 9.20. The molecule has 2 N–H and O–H groups in total. The molecule has 0 unspecified atom stereocenters. The molecule has 0 aliphatic heterocycles. The molecule has 0 saturated heterocycles. The van der Waals surface area contributed by atoms with Crippen molar-refractivity contribution in [3.8, 4) is 0 Å². The van der Waals surface area contributed by atoms with Crippen molar-refractivity contribution in [2.24, 2.45) is 0 Å². The van der Waals surface area contributed by atoms with Crippen molar-refractivity contribution in [1.29, 1.82) is 0 Å². The number of sulfonamides is 1. The number of rotatable bonds is 8. The predicted molar refractivity (Wildman–Crippen MR) is 89.7 cm³/mol. The lowest BCUT2D eigenvalue weighted by Crippen LogP contribution is -2.25. The van der Waals surface area contributed by atoms with Gasteiger partial charge in [-0.3, -0.25) is 0 Å². The minimum absolute atomic E-state index is 0.141. The number of hydrogen-bond acceptors (Lipinski definition) is 3. The van der Waals surface area contributed by atoms with Gasteiger partial charge in [0.2, 0.25) is 10.0 Å². The van der Waals surface area contributed by atoms with Crippen molar-refractivity contribution in [2.75, 3.05) is 13.2 Å². The number of benzene rings is 2. The lowest BCUT2D eigenvalue weighted by atomic mass is 10.1. The molecule has 0 saturated carbocycles. The van der Waals surface area contributed by atoms with Crippen LogP contribution in [-0.2, 0) is 10.0 Å². The Kier molecular flexibility index (Phi) is 6.20. The summed E-state index contributed by atoms with van der Waals surface area (Å²) < 4.78 is 27.7. The zero-order chi connectivity index (χ0) is 16.0. The molecule has 0 bridgehead atoms. The van der Waals surface area contributed by atoms with Gasteiger partial charge in [0.15, 0.2) is 0 Å². The van der Waals surface area contributed by atoms with Crippen LogP contribution in [0.2, 0.25) is 5.02 Å². The monoisotopic (exact) mass is 341 g/mol. The van der Waals surface area contributed by atoms with E-state index >= 15 is 0 Å². The number of nitrogens with one attached hydrogen (secondary N) is 1. The van der Waals surface area contributed by atoms with Crippen molar-refractivity contribution < 1.29 is 13.5 Å². The van der Waals surface area contributed by atoms with Crippen LogP contribution in [0.3, 0.4) is 0 Å². The number of aliphatic hydroxyl groups excluding tert-OH is 1. The minimum Gasteiger partial charge on any atom is -0.396 e. The number of unbranched alkanes of at least 4 members (excludes halogenated alkanes) is 3. The van der Waals surface area contributed by atoms with Crippen LogP contribution in [0.4, 0.5) is 0 Å². The molecular weight excluding hydrogens is 322 g/mol. The van der Waals surface area contributed by atoms with Gasteiger partial charge < -0.3 is 5.11 Å². The van der Waals surface area contributed by atoms with E-state index in [1.807, 2.05) is 18.2 Å². The summed E-state index contributed by atoms with van der Waals surface area (Å²) >= 11 is 6.12. The van der Waals surface area contributed by atoms with Crippen LogP contribution < -0.4 is 4.72 Å². The molecule has 0 aliphatic rings. The third-order valence-corrected chi connectivity index (χ3v) is 5.47. The van der Waals surface area contributed by atoms with Crippen LogP contribution in [0.25, 0.3) is 10.8 Å². The summed E-state index contributed by atoms with van der Waals surface area (Å²) in [4.78, 5) is 0.141. The average Bonchev–Trinajstić information content (AvgIpc) is 2.50. The summed E-state index contributed by atoms with van der Waals surface area (Å²) in [7, 11) is -3.64. The Morgan fingerprint density at radius 3 is 2.50 bits per heavy atom. The predicted octanol–water partition coefficient (Wildman–Crippen LogP) is 3.32. The van der Waals surface area contributed by atoms with Gasteiger partial charge in [0.25, 0.3) is 0 Å². The standard InChI is InChI=1S/C16H20ClNO3S/c17-15-10-9-13-7-3-4-8-14(13)16(15)22(20,21)18-11-5-1-2-6-12-19/h3-4,7-10,18-19H,1-2,5-6,11-12H2. The molecule has 0 aromatic heterocycles. The number of aliphatic hydroxyl groups is 1. The fourth-order valence-electron chi connectivity index (χ4n) is 2.36. The van der Waals surface area contributed by atoms with E-state index in [9.17, 15) is 8.42 Å². The van der Waals surface area contributed by atoms with E-state index in [4.69, 9.17) is 16.7 Å². The topological polar surface area (TPSA) is 66.4 Å². The molecule has 2 aromatic rings. The lowest BCUT2D eigenvalue weighted by molar-refractivity contribution is 0.282. The van der Waals surface area contributed by atoms with Crippen LogP contribution in [0.15, 0.2) is 41.3 Å². The highest BCUT2D eigenvalue weighted by molar-refractivity contribution is 7.89. The van der Waals surface area contributed by atoms with Gasteiger partial charge in [-0.05, 0) is 24.3 Å².